The Labute approximate surface area is 169 Å². The van der Waals surface area contributed by atoms with Crippen LogP contribution < -0.4 is 0 Å². The van der Waals surface area contributed by atoms with Crippen LogP contribution in [0.4, 0.5) is 0 Å². The van der Waals surface area contributed by atoms with Crippen molar-refractivity contribution in [2.75, 3.05) is 13.2 Å². The summed E-state index contributed by atoms with van der Waals surface area (Å²) < 4.78 is 5.82. The van der Waals surface area contributed by atoms with Crippen molar-refractivity contribution in [2.24, 2.45) is 0 Å². The lowest BCUT2D eigenvalue weighted by Gasteiger charge is -2.28. The average Bonchev–Trinajstić information content (AvgIpc) is 3.44. The number of aromatic hydroxyl groups is 1. The molecule has 3 heterocycles. The van der Waals surface area contributed by atoms with Crippen molar-refractivity contribution in [3.8, 4) is 17.0 Å². The molecular formula is C23H23N3O3. The minimum absolute atomic E-state index is 0.0532. The maximum absolute atomic E-state index is 13.3. The summed E-state index contributed by atoms with van der Waals surface area (Å²) in [5, 5.41) is 17.7. The molecule has 2 aliphatic rings. The number of aromatic nitrogens is 2. The molecule has 1 fully saturated rings. The molecule has 6 heteroatoms. The number of ether oxygens (including phenoxy) is 1. The summed E-state index contributed by atoms with van der Waals surface area (Å²) in [7, 11) is 0. The third-order valence-electron chi connectivity index (χ3n) is 5.84. The van der Waals surface area contributed by atoms with Gasteiger partial charge in [-0.1, -0.05) is 42.0 Å². The number of H-pyrrole nitrogens is 1. The molecule has 0 radical (unpaired) electrons. The molecule has 2 aliphatic heterocycles. The highest BCUT2D eigenvalue weighted by Crippen LogP contribution is 2.44. The fourth-order valence-corrected chi connectivity index (χ4v) is 4.37. The maximum Gasteiger partial charge on any atom is 0.273 e. The van der Waals surface area contributed by atoms with Gasteiger partial charge in [0.25, 0.3) is 5.91 Å². The normalized spacial score (nSPS) is 21.0. The Balaban J connectivity index is 1.64. The van der Waals surface area contributed by atoms with Crippen molar-refractivity contribution in [1.82, 2.24) is 15.1 Å². The molecule has 5 rings (SSSR count). The number of nitrogens with one attached hydrogen (secondary N) is 1. The highest BCUT2D eigenvalue weighted by molar-refractivity contribution is 6.00. The minimum atomic E-state index is -0.268. The van der Waals surface area contributed by atoms with Gasteiger partial charge in [0.1, 0.15) is 17.1 Å². The number of hydrogen-bond donors (Lipinski definition) is 2. The lowest BCUT2D eigenvalue weighted by molar-refractivity contribution is 0.0495. The van der Waals surface area contributed by atoms with E-state index in [4.69, 9.17) is 4.74 Å². The molecule has 3 aromatic rings. The van der Waals surface area contributed by atoms with Crippen LogP contribution >= 0.6 is 0 Å². The van der Waals surface area contributed by atoms with Crippen molar-refractivity contribution < 1.29 is 14.6 Å². The van der Waals surface area contributed by atoms with Crippen LogP contribution in [0.25, 0.3) is 11.3 Å². The lowest BCUT2D eigenvalue weighted by atomic mass is 9.95. The molecule has 0 saturated carbocycles. The Hall–Kier alpha value is -3.12. The van der Waals surface area contributed by atoms with Gasteiger partial charge in [-0.05, 0) is 37.5 Å². The van der Waals surface area contributed by atoms with Gasteiger partial charge < -0.3 is 14.7 Å². The largest absolute Gasteiger partial charge is 0.507 e. The molecular weight excluding hydrogens is 366 g/mol. The smallest absolute Gasteiger partial charge is 0.273 e. The van der Waals surface area contributed by atoms with Gasteiger partial charge in [0.15, 0.2) is 0 Å². The number of carbonyl (C=O) groups excluding carboxylic acids is 1. The van der Waals surface area contributed by atoms with E-state index in [1.165, 1.54) is 0 Å². The van der Waals surface area contributed by atoms with E-state index in [0.717, 1.165) is 36.1 Å². The van der Waals surface area contributed by atoms with Crippen molar-refractivity contribution >= 4 is 5.91 Å². The standard InChI is InChI=1S/C23H23N3O3/c1-14-8-10-15(11-9-14)22-19-20(17-6-2-3-7-18(17)27)24-25-21(19)23(28)26(22)13-16-5-4-12-29-16/h2-3,6-11,16,22,27H,4-5,12-13H2,1H3,(H,24,25)/t16-,22-/m1/s1. The first-order chi connectivity index (χ1) is 14.1. The molecule has 0 unspecified atom stereocenters. The zero-order valence-corrected chi connectivity index (χ0v) is 16.3. The topological polar surface area (TPSA) is 78.5 Å². The van der Waals surface area contributed by atoms with Gasteiger partial charge in [-0.2, -0.15) is 5.10 Å². The van der Waals surface area contributed by atoms with Gasteiger partial charge in [0.05, 0.1) is 12.1 Å². The van der Waals surface area contributed by atoms with Gasteiger partial charge in [-0.25, -0.2) is 0 Å². The number of phenolic OH excluding ortho intramolecular Hbond substituents is 1. The molecule has 1 amide bonds. The number of hydrogen-bond acceptors (Lipinski definition) is 4. The van der Waals surface area contributed by atoms with Crippen LogP contribution in [0.15, 0.2) is 48.5 Å². The number of carbonyl (C=O) groups is 1. The number of amides is 1. The number of rotatable bonds is 4. The summed E-state index contributed by atoms with van der Waals surface area (Å²) in [5.41, 5.74) is 4.74. The SMILES string of the molecule is Cc1ccc([C@@H]2c3c(-c4ccccc4O)n[nH]c3C(=O)N2C[C@H]2CCCO2)cc1. The maximum atomic E-state index is 13.3. The molecule has 2 aromatic carbocycles. The second-order valence-electron chi connectivity index (χ2n) is 7.78. The summed E-state index contributed by atoms with van der Waals surface area (Å²) in [6.45, 7) is 3.34. The van der Waals surface area contributed by atoms with Gasteiger partial charge in [0.2, 0.25) is 0 Å². The monoisotopic (exact) mass is 389 g/mol. The van der Waals surface area contributed by atoms with Crippen molar-refractivity contribution in [3.63, 3.8) is 0 Å². The molecule has 1 saturated heterocycles. The summed E-state index contributed by atoms with van der Waals surface area (Å²) in [6, 6.07) is 15.1. The number of benzene rings is 2. The highest BCUT2D eigenvalue weighted by atomic mass is 16.5. The van der Waals surface area contributed by atoms with E-state index in [1.54, 1.807) is 12.1 Å². The predicted molar refractivity (Wildman–Crippen MR) is 109 cm³/mol. The molecule has 29 heavy (non-hydrogen) atoms. The average molecular weight is 389 g/mol. The van der Waals surface area contributed by atoms with E-state index < -0.39 is 0 Å². The number of aromatic amines is 1. The molecule has 2 N–H and O–H groups in total. The summed E-state index contributed by atoms with van der Waals surface area (Å²) in [4.78, 5) is 15.2. The Bertz CT molecular complexity index is 1050. The molecule has 1 aromatic heterocycles. The second-order valence-corrected chi connectivity index (χ2v) is 7.78. The van der Waals surface area contributed by atoms with E-state index >= 15 is 0 Å². The molecule has 0 spiro atoms. The van der Waals surface area contributed by atoms with Gasteiger partial charge in [-0.15, -0.1) is 0 Å². The highest BCUT2D eigenvalue weighted by Gasteiger charge is 2.43. The van der Waals surface area contributed by atoms with Crippen LogP contribution in [0.5, 0.6) is 5.75 Å². The van der Waals surface area contributed by atoms with E-state index in [2.05, 4.69) is 34.5 Å². The Morgan fingerprint density at radius 3 is 2.72 bits per heavy atom. The molecule has 6 nitrogen and oxygen atoms in total. The molecule has 2 atom stereocenters. The van der Waals surface area contributed by atoms with E-state index in [-0.39, 0.29) is 23.8 Å². The summed E-state index contributed by atoms with van der Waals surface area (Å²) in [5.74, 6) is 0.0738. The molecule has 0 bridgehead atoms. The van der Waals surface area contributed by atoms with Crippen LogP contribution in [0, 0.1) is 6.92 Å². The van der Waals surface area contributed by atoms with Gasteiger partial charge in [-0.3, -0.25) is 9.89 Å². The number of para-hydroxylation sites is 1. The Morgan fingerprint density at radius 1 is 1.21 bits per heavy atom. The number of fused-ring (bicyclic) bond motifs is 1. The van der Waals surface area contributed by atoms with E-state index in [9.17, 15) is 9.90 Å². The van der Waals surface area contributed by atoms with Crippen LogP contribution in [-0.2, 0) is 4.74 Å². The Kier molecular flexibility index (Phi) is 4.36. The molecule has 148 valence electrons. The second kappa shape index (κ2) is 7.04. The minimum Gasteiger partial charge on any atom is -0.507 e. The van der Waals surface area contributed by atoms with Gasteiger partial charge >= 0.3 is 0 Å². The van der Waals surface area contributed by atoms with Crippen LogP contribution in [0.3, 0.4) is 0 Å². The first kappa shape index (κ1) is 17.9. The predicted octanol–water partition coefficient (Wildman–Crippen LogP) is 3.81. The Morgan fingerprint density at radius 2 is 2.00 bits per heavy atom. The molecule has 0 aliphatic carbocycles. The van der Waals surface area contributed by atoms with Crippen molar-refractivity contribution in [1.29, 1.82) is 0 Å². The quantitative estimate of drug-likeness (QED) is 0.711. The number of aryl methyl sites for hydroxylation is 1. The zero-order chi connectivity index (χ0) is 20.0. The van der Waals surface area contributed by atoms with Crippen molar-refractivity contribution in [3.05, 3.63) is 70.9 Å². The number of nitrogens with zero attached hydrogens (tertiary/aromatic N) is 2. The first-order valence-electron chi connectivity index (χ1n) is 9.99. The van der Waals surface area contributed by atoms with Crippen LogP contribution in [0.2, 0.25) is 0 Å². The third kappa shape index (κ3) is 3.00. The van der Waals surface area contributed by atoms with E-state index in [1.807, 2.05) is 24.0 Å². The summed E-state index contributed by atoms with van der Waals surface area (Å²) in [6.07, 6.45) is 2.04. The summed E-state index contributed by atoms with van der Waals surface area (Å²) >= 11 is 0. The third-order valence-corrected chi connectivity index (χ3v) is 5.84. The number of phenols is 1. The van der Waals surface area contributed by atoms with Crippen molar-refractivity contribution in [2.45, 2.75) is 31.9 Å². The van der Waals surface area contributed by atoms with Crippen LogP contribution in [0.1, 0.15) is 46.1 Å². The fraction of sp³-hybridized carbons (Fsp3) is 0.304. The van der Waals surface area contributed by atoms with Gasteiger partial charge in [0, 0.05) is 24.3 Å². The first-order valence-corrected chi connectivity index (χ1v) is 9.99. The fourth-order valence-electron chi connectivity index (χ4n) is 4.37. The van der Waals surface area contributed by atoms with Crippen LogP contribution in [-0.4, -0.2) is 45.4 Å². The zero-order valence-electron chi connectivity index (χ0n) is 16.3. The lowest BCUT2D eigenvalue weighted by Crippen LogP contribution is -2.36. The van der Waals surface area contributed by atoms with E-state index in [0.29, 0.717) is 23.5 Å².